The lowest BCUT2D eigenvalue weighted by Gasteiger charge is -2.24. The van der Waals surface area contributed by atoms with Crippen LogP contribution in [-0.2, 0) is 23.7 Å². The fourth-order valence-corrected chi connectivity index (χ4v) is 1.89. The van der Waals surface area contributed by atoms with Crippen molar-refractivity contribution in [2.24, 2.45) is 5.92 Å². The maximum atomic E-state index is 11.5. The summed E-state index contributed by atoms with van der Waals surface area (Å²) in [6.07, 6.45) is 2.54. The molecule has 0 aromatic carbocycles. The van der Waals surface area contributed by atoms with Crippen molar-refractivity contribution in [3.8, 4) is 0 Å². The summed E-state index contributed by atoms with van der Waals surface area (Å²) < 4.78 is 10.1. The van der Waals surface area contributed by atoms with Crippen LogP contribution in [0, 0.1) is 5.92 Å². The first-order chi connectivity index (χ1) is 8.10. The minimum Gasteiger partial charge on any atom is -0.498 e. The molecule has 7 heteroatoms. The molecule has 1 aliphatic carbocycles. The zero-order valence-corrected chi connectivity index (χ0v) is 9.63. The Bertz CT molecular complexity index is 324. The molecule has 1 unspecified atom stereocenters. The van der Waals surface area contributed by atoms with E-state index in [1.165, 1.54) is 4.90 Å². The van der Waals surface area contributed by atoms with Gasteiger partial charge in [0.25, 0.3) is 0 Å². The largest absolute Gasteiger partial charge is 0.609 e. The molecule has 1 saturated heterocycles. The highest BCUT2D eigenvalue weighted by Crippen LogP contribution is 2.41. The summed E-state index contributed by atoms with van der Waals surface area (Å²) in [5.41, 5.74) is 0. The van der Waals surface area contributed by atoms with Gasteiger partial charge in [0.05, 0.1) is 18.9 Å². The van der Waals surface area contributed by atoms with Gasteiger partial charge in [0.2, 0.25) is 0 Å². The Hall–Kier alpha value is -1.37. The second kappa shape index (κ2) is 4.87. The smallest absolute Gasteiger partial charge is 0.498 e. The van der Waals surface area contributed by atoms with Gasteiger partial charge in [-0.15, -0.1) is 0 Å². The third kappa shape index (κ3) is 3.06. The summed E-state index contributed by atoms with van der Waals surface area (Å²) in [6, 6.07) is 0. The number of hydrogen-bond acceptors (Lipinski definition) is 6. The first kappa shape index (κ1) is 12.1. The molecule has 0 spiro atoms. The predicted octanol–water partition coefficient (Wildman–Crippen LogP) is -0.515. The molecular formula is C10H14BNO5. The van der Waals surface area contributed by atoms with E-state index in [-0.39, 0.29) is 19.0 Å². The monoisotopic (exact) mass is 239 g/mol. The number of hydrogen-bond donors (Lipinski definition) is 0. The van der Waals surface area contributed by atoms with Crippen molar-refractivity contribution in [1.82, 2.24) is 4.90 Å². The van der Waals surface area contributed by atoms with Crippen LogP contribution in [-0.4, -0.2) is 50.4 Å². The van der Waals surface area contributed by atoms with Gasteiger partial charge in [-0.25, -0.2) is 0 Å². The second-order valence-corrected chi connectivity index (χ2v) is 4.57. The molecular weight excluding hydrogens is 225 g/mol. The fraction of sp³-hybridized carbons (Fsp3) is 0.700. The summed E-state index contributed by atoms with van der Waals surface area (Å²) in [7, 11) is 0.578. The van der Waals surface area contributed by atoms with Crippen LogP contribution in [0.25, 0.3) is 0 Å². The Kier molecular flexibility index (Phi) is 3.47. The molecule has 0 aromatic heterocycles. The minimum absolute atomic E-state index is 0.0296. The second-order valence-electron chi connectivity index (χ2n) is 4.57. The minimum atomic E-state index is -1.05. The van der Waals surface area contributed by atoms with Crippen LogP contribution >= 0.6 is 0 Å². The van der Waals surface area contributed by atoms with Crippen LogP contribution in [0.5, 0.6) is 0 Å². The molecule has 0 amide bonds. The first-order valence-electron chi connectivity index (χ1n) is 5.63. The number of carbonyl (C=O) groups excluding carboxylic acids is 3. The van der Waals surface area contributed by atoms with Crippen molar-refractivity contribution in [2.45, 2.75) is 18.7 Å². The maximum Gasteiger partial charge on any atom is 0.609 e. The summed E-state index contributed by atoms with van der Waals surface area (Å²) in [6.45, 7) is 0.0592. The van der Waals surface area contributed by atoms with Crippen molar-refractivity contribution in [3.05, 3.63) is 0 Å². The van der Waals surface area contributed by atoms with E-state index in [2.05, 4.69) is 0 Å². The van der Waals surface area contributed by atoms with E-state index < -0.39 is 24.9 Å². The Balaban J connectivity index is 2.06. The van der Waals surface area contributed by atoms with Gasteiger partial charge >= 0.3 is 19.1 Å². The highest BCUT2D eigenvalue weighted by Gasteiger charge is 2.47. The Labute approximate surface area is 99.4 Å². The van der Waals surface area contributed by atoms with Crippen molar-refractivity contribution < 1.29 is 23.7 Å². The van der Waals surface area contributed by atoms with Crippen molar-refractivity contribution in [2.75, 3.05) is 20.1 Å². The van der Waals surface area contributed by atoms with E-state index in [0.29, 0.717) is 6.29 Å². The molecule has 0 radical (unpaired) electrons. The molecule has 0 bridgehead atoms. The van der Waals surface area contributed by atoms with Crippen LogP contribution in [0.4, 0.5) is 0 Å². The zero-order valence-electron chi connectivity index (χ0n) is 9.63. The average molecular weight is 239 g/mol. The van der Waals surface area contributed by atoms with Gasteiger partial charge in [0.1, 0.15) is 6.29 Å². The molecule has 0 aromatic rings. The third-order valence-corrected chi connectivity index (χ3v) is 2.93. The van der Waals surface area contributed by atoms with E-state index in [4.69, 9.17) is 9.31 Å². The number of carbonyl (C=O) groups is 3. The van der Waals surface area contributed by atoms with Gasteiger partial charge in [-0.1, -0.05) is 0 Å². The van der Waals surface area contributed by atoms with Crippen LogP contribution in [0.15, 0.2) is 0 Å². The molecule has 0 N–H and O–H groups in total. The van der Waals surface area contributed by atoms with Crippen LogP contribution < -0.4 is 0 Å². The number of rotatable bonds is 3. The SMILES string of the molecule is CN1CC(=O)OB(C(C=O)C2CC2)OC(=O)C1. The summed E-state index contributed by atoms with van der Waals surface area (Å²) in [5.74, 6) is -1.29. The Morgan fingerprint density at radius 3 is 2.24 bits per heavy atom. The van der Waals surface area contributed by atoms with Gasteiger partial charge in [-0.05, 0) is 25.8 Å². The third-order valence-electron chi connectivity index (χ3n) is 2.93. The molecule has 6 nitrogen and oxygen atoms in total. The number of aldehydes is 1. The Morgan fingerprint density at radius 1 is 1.29 bits per heavy atom. The topological polar surface area (TPSA) is 72.9 Å². The molecule has 2 fully saturated rings. The van der Waals surface area contributed by atoms with E-state index >= 15 is 0 Å². The predicted molar refractivity (Wildman–Crippen MR) is 58.0 cm³/mol. The molecule has 17 heavy (non-hydrogen) atoms. The van der Waals surface area contributed by atoms with Crippen molar-refractivity contribution in [1.29, 1.82) is 0 Å². The lowest BCUT2D eigenvalue weighted by Crippen LogP contribution is -2.45. The van der Waals surface area contributed by atoms with Gasteiger partial charge in [-0.2, -0.15) is 0 Å². The number of nitrogens with zero attached hydrogens (tertiary/aromatic N) is 1. The normalized spacial score (nSPS) is 24.4. The zero-order chi connectivity index (χ0) is 12.4. The highest BCUT2D eigenvalue weighted by atomic mass is 16.6. The van der Waals surface area contributed by atoms with Crippen LogP contribution in [0.1, 0.15) is 12.8 Å². The van der Waals surface area contributed by atoms with Gasteiger partial charge in [0.15, 0.2) is 0 Å². The standard InChI is InChI=1S/C10H14BNO5/c1-12-4-9(14)16-11(17-10(15)5-12)8(6-13)7-2-3-7/h6-8H,2-5H2,1H3. The first-order valence-corrected chi connectivity index (χ1v) is 5.63. The van der Waals surface area contributed by atoms with E-state index in [1.807, 2.05) is 0 Å². The van der Waals surface area contributed by atoms with Crippen LogP contribution in [0.3, 0.4) is 0 Å². The van der Waals surface area contributed by atoms with E-state index in [0.717, 1.165) is 12.8 Å². The fourth-order valence-electron chi connectivity index (χ4n) is 1.89. The number of likely N-dealkylation sites (N-methyl/N-ethyl adjacent to an activating group) is 1. The summed E-state index contributed by atoms with van der Waals surface area (Å²) >= 11 is 0. The molecule has 2 aliphatic rings. The summed E-state index contributed by atoms with van der Waals surface area (Å²) in [5, 5.41) is 0. The molecule has 1 atom stereocenters. The summed E-state index contributed by atoms with van der Waals surface area (Å²) in [4.78, 5) is 35.4. The van der Waals surface area contributed by atoms with Crippen LogP contribution in [0.2, 0.25) is 5.82 Å². The Morgan fingerprint density at radius 2 is 1.82 bits per heavy atom. The van der Waals surface area contributed by atoms with Gasteiger partial charge < -0.3 is 14.1 Å². The molecule has 1 saturated carbocycles. The molecule has 2 rings (SSSR count). The van der Waals surface area contributed by atoms with Crippen molar-refractivity contribution >= 4 is 25.3 Å². The lowest BCUT2D eigenvalue weighted by molar-refractivity contribution is -0.146. The van der Waals surface area contributed by atoms with Gasteiger partial charge in [-0.3, -0.25) is 14.5 Å². The highest BCUT2D eigenvalue weighted by molar-refractivity contribution is 6.54. The van der Waals surface area contributed by atoms with Crippen molar-refractivity contribution in [3.63, 3.8) is 0 Å². The lowest BCUT2D eigenvalue weighted by atomic mass is 9.69. The average Bonchev–Trinajstić information content (AvgIpc) is 2.99. The van der Waals surface area contributed by atoms with E-state index in [9.17, 15) is 14.4 Å². The van der Waals surface area contributed by atoms with E-state index in [1.54, 1.807) is 7.05 Å². The molecule has 1 heterocycles. The van der Waals surface area contributed by atoms with Gasteiger partial charge in [0, 0.05) is 0 Å². The maximum absolute atomic E-state index is 11.5. The quantitative estimate of drug-likeness (QED) is 0.487. The molecule has 1 aliphatic heterocycles. The molecule has 92 valence electrons.